The summed E-state index contributed by atoms with van der Waals surface area (Å²) in [5.74, 6) is 0.521. The van der Waals surface area contributed by atoms with Crippen LogP contribution in [-0.4, -0.2) is 20.8 Å². The van der Waals surface area contributed by atoms with E-state index in [2.05, 4.69) is 5.10 Å². The van der Waals surface area contributed by atoms with Gasteiger partial charge in [-0.3, -0.25) is 9.36 Å². The van der Waals surface area contributed by atoms with E-state index in [0.717, 1.165) is 16.8 Å². The largest absolute Gasteiger partial charge is 0.377 e. The van der Waals surface area contributed by atoms with Gasteiger partial charge in [-0.15, -0.1) is 0 Å². The maximum absolute atomic E-state index is 13.3. The van der Waals surface area contributed by atoms with Gasteiger partial charge in [-0.05, 0) is 42.7 Å². The SMILES string of the molecule is Cc1ccn2nc(C(N)CCOCc3ccccc3)n(-c3ccccc3)c(=O)c12. The van der Waals surface area contributed by atoms with Crippen LogP contribution in [0.5, 0.6) is 0 Å². The van der Waals surface area contributed by atoms with Gasteiger partial charge in [0.05, 0.1) is 18.3 Å². The summed E-state index contributed by atoms with van der Waals surface area (Å²) < 4.78 is 9.01. The third-order valence-corrected chi connectivity index (χ3v) is 4.94. The predicted octanol–water partition coefficient (Wildman–Crippen LogP) is 3.40. The number of ether oxygens (including phenoxy) is 1. The molecule has 0 aliphatic heterocycles. The Morgan fingerprint density at radius 2 is 1.72 bits per heavy atom. The summed E-state index contributed by atoms with van der Waals surface area (Å²) in [4.78, 5) is 13.3. The molecule has 0 bridgehead atoms. The van der Waals surface area contributed by atoms with Gasteiger partial charge in [0, 0.05) is 12.8 Å². The first-order valence-electron chi connectivity index (χ1n) is 9.68. The third kappa shape index (κ3) is 3.99. The number of hydrogen-bond acceptors (Lipinski definition) is 4. The highest BCUT2D eigenvalue weighted by Crippen LogP contribution is 2.17. The topological polar surface area (TPSA) is 74.5 Å². The molecule has 0 fully saturated rings. The number of nitrogens with two attached hydrogens (primary N) is 1. The average molecular weight is 388 g/mol. The van der Waals surface area contributed by atoms with Gasteiger partial charge in [-0.2, -0.15) is 5.10 Å². The molecule has 29 heavy (non-hydrogen) atoms. The van der Waals surface area contributed by atoms with Crippen molar-refractivity contribution in [2.24, 2.45) is 5.73 Å². The van der Waals surface area contributed by atoms with E-state index in [1.54, 1.807) is 15.3 Å². The van der Waals surface area contributed by atoms with Gasteiger partial charge in [0.2, 0.25) is 0 Å². The van der Waals surface area contributed by atoms with Crippen LogP contribution in [0, 0.1) is 6.92 Å². The van der Waals surface area contributed by atoms with Crippen LogP contribution >= 0.6 is 0 Å². The van der Waals surface area contributed by atoms with E-state index in [0.29, 0.717) is 31.0 Å². The second-order valence-electron chi connectivity index (χ2n) is 7.06. The average Bonchev–Trinajstić information content (AvgIpc) is 3.13. The summed E-state index contributed by atoms with van der Waals surface area (Å²) >= 11 is 0. The van der Waals surface area contributed by atoms with Crippen LogP contribution in [0.2, 0.25) is 0 Å². The Balaban J connectivity index is 1.61. The van der Waals surface area contributed by atoms with Crippen LogP contribution < -0.4 is 11.3 Å². The van der Waals surface area contributed by atoms with Crippen molar-refractivity contribution in [3.05, 3.63) is 100 Å². The molecule has 0 radical (unpaired) electrons. The number of rotatable bonds is 7. The highest BCUT2D eigenvalue weighted by molar-refractivity contribution is 5.54. The van der Waals surface area contributed by atoms with E-state index in [4.69, 9.17) is 10.5 Å². The second-order valence-corrected chi connectivity index (χ2v) is 7.06. The van der Waals surface area contributed by atoms with Crippen LogP contribution in [0.1, 0.15) is 29.4 Å². The molecule has 1 atom stereocenters. The fourth-order valence-electron chi connectivity index (χ4n) is 3.40. The van der Waals surface area contributed by atoms with Crippen LogP contribution in [-0.2, 0) is 11.3 Å². The highest BCUT2D eigenvalue weighted by atomic mass is 16.5. The van der Waals surface area contributed by atoms with Crippen molar-refractivity contribution in [3.63, 3.8) is 0 Å². The molecule has 2 aromatic carbocycles. The van der Waals surface area contributed by atoms with Gasteiger partial charge in [0.25, 0.3) is 5.56 Å². The molecule has 0 saturated carbocycles. The molecule has 2 N–H and O–H groups in total. The van der Waals surface area contributed by atoms with Crippen molar-refractivity contribution in [3.8, 4) is 5.69 Å². The second kappa shape index (κ2) is 8.43. The van der Waals surface area contributed by atoms with Crippen LogP contribution in [0.15, 0.2) is 77.7 Å². The molecule has 4 aromatic rings. The number of benzene rings is 2. The fraction of sp³-hybridized carbons (Fsp3) is 0.217. The van der Waals surface area contributed by atoms with E-state index >= 15 is 0 Å². The van der Waals surface area contributed by atoms with E-state index in [9.17, 15) is 4.79 Å². The first kappa shape index (κ1) is 19.1. The van der Waals surface area contributed by atoms with E-state index in [1.807, 2.05) is 73.7 Å². The Hall–Kier alpha value is -3.22. The van der Waals surface area contributed by atoms with Crippen molar-refractivity contribution in [2.45, 2.75) is 26.0 Å². The van der Waals surface area contributed by atoms with Gasteiger partial charge in [0.1, 0.15) is 5.52 Å². The molecule has 6 heteroatoms. The zero-order valence-electron chi connectivity index (χ0n) is 16.4. The van der Waals surface area contributed by atoms with Gasteiger partial charge in [-0.25, -0.2) is 4.52 Å². The van der Waals surface area contributed by atoms with Crippen LogP contribution in [0.25, 0.3) is 11.2 Å². The molecule has 2 heterocycles. The standard InChI is InChI=1S/C23H24N4O2/c1-17-12-14-26-21(17)23(28)27(19-10-6-3-7-11-19)22(25-26)20(24)13-15-29-16-18-8-4-2-5-9-18/h2-12,14,20H,13,15-16,24H2,1H3. The lowest BCUT2D eigenvalue weighted by atomic mass is 10.2. The lowest BCUT2D eigenvalue weighted by Crippen LogP contribution is -2.31. The Labute approximate surface area is 169 Å². The number of hydrogen-bond donors (Lipinski definition) is 1. The monoisotopic (exact) mass is 388 g/mol. The van der Waals surface area contributed by atoms with E-state index in [-0.39, 0.29) is 5.56 Å². The molecule has 0 aliphatic carbocycles. The minimum Gasteiger partial charge on any atom is -0.377 e. The Bertz CT molecular complexity index is 1150. The lowest BCUT2D eigenvalue weighted by molar-refractivity contribution is 0.113. The number of aromatic nitrogens is 3. The van der Waals surface area contributed by atoms with Crippen molar-refractivity contribution >= 4 is 5.52 Å². The zero-order chi connectivity index (χ0) is 20.2. The fourth-order valence-corrected chi connectivity index (χ4v) is 3.40. The summed E-state index contributed by atoms with van der Waals surface area (Å²) in [6.07, 6.45) is 2.35. The summed E-state index contributed by atoms with van der Waals surface area (Å²) in [6, 6.07) is 20.9. The Morgan fingerprint density at radius 3 is 2.45 bits per heavy atom. The number of aryl methyl sites for hydroxylation is 1. The summed E-state index contributed by atoms with van der Waals surface area (Å²) in [5.41, 5.74) is 9.66. The normalized spacial score (nSPS) is 12.3. The zero-order valence-corrected chi connectivity index (χ0v) is 16.4. The molecule has 148 valence electrons. The molecular formula is C23H24N4O2. The van der Waals surface area contributed by atoms with Gasteiger partial charge < -0.3 is 10.5 Å². The van der Waals surface area contributed by atoms with Crippen molar-refractivity contribution in [1.29, 1.82) is 0 Å². The van der Waals surface area contributed by atoms with E-state index < -0.39 is 6.04 Å². The van der Waals surface area contributed by atoms with Gasteiger partial charge >= 0.3 is 0 Å². The van der Waals surface area contributed by atoms with Gasteiger partial charge in [0.15, 0.2) is 5.82 Å². The quantitative estimate of drug-likeness (QED) is 0.493. The minimum atomic E-state index is -0.439. The van der Waals surface area contributed by atoms with E-state index in [1.165, 1.54) is 0 Å². The minimum absolute atomic E-state index is 0.121. The van der Waals surface area contributed by atoms with Crippen molar-refractivity contribution in [2.75, 3.05) is 6.61 Å². The molecule has 0 spiro atoms. The maximum Gasteiger partial charge on any atom is 0.282 e. The molecule has 0 amide bonds. The molecule has 2 aromatic heterocycles. The highest BCUT2D eigenvalue weighted by Gasteiger charge is 2.19. The molecule has 4 rings (SSSR count). The Morgan fingerprint density at radius 1 is 1.03 bits per heavy atom. The smallest absolute Gasteiger partial charge is 0.282 e. The molecular weight excluding hydrogens is 364 g/mol. The van der Waals surface area contributed by atoms with Crippen LogP contribution in [0.4, 0.5) is 0 Å². The summed E-state index contributed by atoms with van der Waals surface area (Å²) in [7, 11) is 0. The number of nitrogens with zero attached hydrogens (tertiary/aromatic N) is 3. The number of para-hydroxylation sites is 1. The third-order valence-electron chi connectivity index (χ3n) is 4.94. The van der Waals surface area contributed by atoms with Crippen molar-refractivity contribution < 1.29 is 4.74 Å². The van der Waals surface area contributed by atoms with Crippen LogP contribution in [0.3, 0.4) is 0 Å². The molecule has 1 unspecified atom stereocenters. The molecule has 0 saturated heterocycles. The number of fused-ring (bicyclic) bond motifs is 1. The molecule has 0 aliphatic rings. The molecule has 6 nitrogen and oxygen atoms in total. The first-order valence-corrected chi connectivity index (χ1v) is 9.68. The Kier molecular flexibility index (Phi) is 5.55. The summed E-state index contributed by atoms with van der Waals surface area (Å²) in [5, 5.41) is 4.67. The predicted molar refractivity (Wildman–Crippen MR) is 113 cm³/mol. The lowest BCUT2D eigenvalue weighted by Gasteiger charge is -2.18. The van der Waals surface area contributed by atoms with Crippen molar-refractivity contribution in [1.82, 2.24) is 14.2 Å². The van der Waals surface area contributed by atoms with Gasteiger partial charge in [-0.1, -0.05) is 48.5 Å². The summed E-state index contributed by atoms with van der Waals surface area (Å²) in [6.45, 7) is 2.91. The first-order chi connectivity index (χ1) is 14.1. The maximum atomic E-state index is 13.3.